The third kappa shape index (κ3) is 3.40. The van der Waals surface area contributed by atoms with Gasteiger partial charge < -0.3 is 15.1 Å². The first-order valence-electron chi connectivity index (χ1n) is 8.04. The first-order valence-corrected chi connectivity index (χ1v) is 8.04. The van der Waals surface area contributed by atoms with Crippen molar-refractivity contribution in [3.63, 3.8) is 0 Å². The van der Waals surface area contributed by atoms with E-state index in [0.717, 1.165) is 13.1 Å². The zero-order valence-electron chi connectivity index (χ0n) is 12.7. The molecule has 2 heterocycles. The highest BCUT2D eigenvalue weighted by Gasteiger charge is 2.15. The van der Waals surface area contributed by atoms with E-state index in [-0.39, 0.29) is 0 Å². The van der Waals surface area contributed by atoms with Crippen LogP contribution in [0.5, 0.6) is 0 Å². The number of aryl methyl sites for hydroxylation is 1. The minimum Gasteiger partial charge on any atom is -0.312 e. The second-order valence-electron chi connectivity index (χ2n) is 6.23. The summed E-state index contributed by atoms with van der Waals surface area (Å²) in [4.78, 5) is 5.05. The van der Waals surface area contributed by atoms with Crippen molar-refractivity contribution in [2.45, 2.75) is 25.8 Å². The largest absolute Gasteiger partial charge is 0.312 e. The summed E-state index contributed by atoms with van der Waals surface area (Å²) in [6, 6.07) is 6.86. The van der Waals surface area contributed by atoms with Crippen molar-refractivity contribution in [1.82, 2.24) is 15.1 Å². The molecule has 1 fully saturated rings. The first-order chi connectivity index (χ1) is 9.83. The van der Waals surface area contributed by atoms with E-state index >= 15 is 0 Å². The molecule has 0 atom stereocenters. The molecule has 1 aromatic carbocycles. The lowest BCUT2D eigenvalue weighted by Gasteiger charge is -2.32. The quantitative estimate of drug-likeness (QED) is 0.897. The molecule has 2 aliphatic rings. The number of hydrogen-bond donors (Lipinski definition) is 1. The molecule has 0 aromatic heterocycles. The van der Waals surface area contributed by atoms with Gasteiger partial charge in [-0.15, -0.1) is 0 Å². The van der Waals surface area contributed by atoms with E-state index in [1.165, 1.54) is 57.5 Å². The van der Waals surface area contributed by atoms with Crippen LogP contribution in [0.3, 0.4) is 0 Å². The van der Waals surface area contributed by atoms with Gasteiger partial charge in [-0.3, -0.25) is 0 Å². The van der Waals surface area contributed by atoms with Gasteiger partial charge in [-0.05, 0) is 56.1 Å². The zero-order chi connectivity index (χ0) is 13.8. The molecule has 3 heteroatoms. The van der Waals surface area contributed by atoms with Gasteiger partial charge >= 0.3 is 0 Å². The number of rotatable bonds is 4. The third-order valence-electron chi connectivity index (χ3n) is 4.75. The van der Waals surface area contributed by atoms with Crippen molar-refractivity contribution < 1.29 is 0 Å². The summed E-state index contributed by atoms with van der Waals surface area (Å²) < 4.78 is 0. The van der Waals surface area contributed by atoms with Crippen LogP contribution in [-0.2, 0) is 19.4 Å². The number of benzene rings is 1. The van der Waals surface area contributed by atoms with Gasteiger partial charge in [0.15, 0.2) is 0 Å². The second kappa shape index (κ2) is 6.70. The Hall–Kier alpha value is -0.900. The van der Waals surface area contributed by atoms with E-state index in [0.29, 0.717) is 0 Å². The Balaban J connectivity index is 1.51. The van der Waals surface area contributed by atoms with Crippen LogP contribution in [0.15, 0.2) is 18.2 Å². The number of hydrogen-bond acceptors (Lipinski definition) is 3. The monoisotopic (exact) mass is 273 g/mol. The topological polar surface area (TPSA) is 18.5 Å². The van der Waals surface area contributed by atoms with Gasteiger partial charge in [-0.2, -0.15) is 0 Å². The molecule has 0 spiro atoms. The van der Waals surface area contributed by atoms with E-state index in [1.807, 2.05) is 0 Å². The lowest BCUT2D eigenvalue weighted by atomic mass is 9.93. The van der Waals surface area contributed by atoms with E-state index in [9.17, 15) is 0 Å². The van der Waals surface area contributed by atoms with Crippen LogP contribution < -0.4 is 5.32 Å². The van der Waals surface area contributed by atoms with Gasteiger partial charge in [0, 0.05) is 32.7 Å². The van der Waals surface area contributed by atoms with Crippen LogP contribution in [0, 0.1) is 0 Å². The van der Waals surface area contributed by atoms with Crippen molar-refractivity contribution in [3.8, 4) is 0 Å². The number of piperazine rings is 1. The number of nitrogens with zero attached hydrogens (tertiary/aromatic N) is 2. The van der Waals surface area contributed by atoms with Gasteiger partial charge in [0.1, 0.15) is 0 Å². The van der Waals surface area contributed by atoms with Gasteiger partial charge in [0.05, 0.1) is 0 Å². The molecular formula is C17H27N3. The molecule has 0 unspecified atom stereocenters. The molecule has 0 amide bonds. The average Bonchev–Trinajstić information content (AvgIpc) is 2.49. The van der Waals surface area contributed by atoms with E-state index in [4.69, 9.17) is 0 Å². The summed E-state index contributed by atoms with van der Waals surface area (Å²) in [7, 11) is 2.22. The van der Waals surface area contributed by atoms with E-state index < -0.39 is 0 Å². The molecule has 20 heavy (non-hydrogen) atoms. The fourth-order valence-corrected chi connectivity index (χ4v) is 3.41. The summed E-state index contributed by atoms with van der Waals surface area (Å²) >= 11 is 0. The summed E-state index contributed by atoms with van der Waals surface area (Å²) in [5.74, 6) is 0. The molecule has 2 aliphatic heterocycles. The highest BCUT2D eigenvalue weighted by Crippen LogP contribution is 2.20. The Morgan fingerprint density at radius 2 is 2.00 bits per heavy atom. The molecule has 110 valence electrons. The standard InChI is InChI=1S/C17H27N3/c1-19-10-12-20(13-11-19)9-3-6-15-4-2-5-16-14-18-8-7-17(15)16/h2,4-5,18H,3,6-14H2,1H3. The Morgan fingerprint density at radius 3 is 2.85 bits per heavy atom. The lowest BCUT2D eigenvalue weighted by Crippen LogP contribution is -2.44. The maximum absolute atomic E-state index is 3.47. The van der Waals surface area contributed by atoms with Crippen LogP contribution in [0.1, 0.15) is 23.1 Å². The fraction of sp³-hybridized carbons (Fsp3) is 0.647. The Kier molecular flexibility index (Phi) is 4.71. The maximum atomic E-state index is 3.47. The average molecular weight is 273 g/mol. The van der Waals surface area contributed by atoms with Gasteiger partial charge in [0.2, 0.25) is 0 Å². The van der Waals surface area contributed by atoms with Crippen molar-refractivity contribution in [2.24, 2.45) is 0 Å². The first kappa shape index (κ1) is 14.1. The molecule has 1 saturated heterocycles. The lowest BCUT2D eigenvalue weighted by molar-refractivity contribution is 0.153. The van der Waals surface area contributed by atoms with Crippen LogP contribution in [0.25, 0.3) is 0 Å². The third-order valence-corrected chi connectivity index (χ3v) is 4.75. The minimum atomic E-state index is 1.06. The number of likely N-dealkylation sites (N-methyl/N-ethyl adjacent to an activating group) is 1. The van der Waals surface area contributed by atoms with Gasteiger partial charge in [0.25, 0.3) is 0 Å². The molecule has 3 nitrogen and oxygen atoms in total. The fourth-order valence-electron chi connectivity index (χ4n) is 3.41. The molecule has 1 aromatic rings. The molecule has 1 N–H and O–H groups in total. The molecule has 0 radical (unpaired) electrons. The van der Waals surface area contributed by atoms with Crippen molar-refractivity contribution in [1.29, 1.82) is 0 Å². The van der Waals surface area contributed by atoms with Gasteiger partial charge in [-0.25, -0.2) is 0 Å². The van der Waals surface area contributed by atoms with Crippen molar-refractivity contribution in [2.75, 3.05) is 46.3 Å². The summed E-state index contributed by atoms with van der Waals surface area (Å²) in [5, 5.41) is 3.47. The van der Waals surface area contributed by atoms with Gasteiger partial charge in [-0.1, -0.05) is 18.2 Å². The Bertz CT molecular complexity index is 436. The summed E-state index contributed by atoms with van der Waals surface area (Å²) in [6.45, 7) is 8.40. The smallest absolute Gasteiger partial charge is 0.0208 e. The highest BCUT2D eigenvalue weighted by molar-refractivity contribution is 5.37. The van der Waals surface area contributed by atoms with E-state index in [2.05, 4.69) is 40.4 Å². The summed E-state index contributed by atoms with van der Waals surface area (Å²) in [5.41, 5.74) is 4.75. The normalized spacial score (nSPS) is 20.9. The van der Waals surface area contributed by atoms with Crippen LogP contribution in [-0.4, -0.2) is 56.1 Å². The van der Waals surface area contributed by atoms with Crippen LogP contribution in [0.2, 0.25) is 0 Å². The zero-order valence-corrected chi connectivity index (χ0v) is 12.7. The molecule has 3 rings (SSSR count). The summed E-state index contributed by atoms with van der Waals surface area (Å²) in [6.07, 6.45) is 3.75. The van der Waals surface area contributed by atoms with E-state index in [1.54, 1.807) is 11.1 Å². The maximum Gasteiger partial charge on any atom is 0.0208 e. The number of nitrogens with one attached hydrogen (secondary N) is 1. The Morgan fingerprint density at radius 1 is 1.15 bits per heavy atom. The molecule has 0 bridgehead atoms. The molecular weight excluding hydrogens is 246 g/mol. The Labute approximate surface area is 123 Å². The SMILES string of the molecule is CN1CCN(CCCc2cccc3c2CCNC3)CC1. The predicted molar refractivity (Wildman–Crippen MR) is 84.1 cm³/mol. The second-order valence-corrected chi connectivity index (χ2v) is 6.23. The van der Waals surface area contributed by atoms with Crippen LogP contribution in [0.4, 0.5) is 0 Å². The molecule has 0 saturated carbocycles. The molecule has 0 aliphatic carbocycles. The minimum absolute atomic E-state index is 1.06. The predicted octanol–water partition coefficient (Wildman–Crippen LogP) is 1.51. The van der Waals surface area contributed by atoms with Crippen molar-refractivity contribution >= 4 is 0 Å². The number of fused-ring (bicyclic) bond motifs is 1. The van der Waals surface area contributed by atoms with Crippen molar-refractivity contribution in [3.05, 3.63) is 34.9 Å². The highest BCUT2D eigenvalue weighted by atomic mass is 15.2. The van der Waals surface area contributed by atoms with Crippen LogP contribution >= 0.6 is 0 Å².